The number of aryl methyl sites for hydroxylation is 1. The second kappa shape index (κ2) is 8.77. The molecule has 0 aliphatic rings. The number of aromatic nitrogens is 3. The molecule has 0 aliphatic carbocycles. The first-order valence-corrected chi connectivity index (χ1v) is 8.88. The molecular formula is C20H18ClN3O4. The van der Waals surface area contributed by atoms with Gasteiger partial charge in [0.15, 0.2) is 5.78 Å². The van der Waals surface area contributed by atoms with E-state index in [1.54, 1.807) is 37.3 Å². The maximum Gasteiger partial charge on any atom is 0.270 e. The minimum absolute atomic E-state index is 0.0939. The van der Waals surface area contributed by atoms with Crippen molar-refractivity contribution in [1.82, 2.24) is 14.8 Å². The van der Waals surface area contributed by atoms with E-state index < -0.39 is 5.56 Å². The van der Waals surface area contributed by atoms with Crippen LogP contribution in [-0.4, -0.2) is 25.7 Å². The van der Waals surface area contributed by atoms with E-state index >= 15 is 0 Å². The molecule has 0 atom stereocenters. The smallest absolute Gasteiger partial charge is 0.270 e. The zero-order valence-corrected chi connectivity index (χ0v) is 15.9. The third kappa shape index (κ3) is 4.82. The number of carbonyl (C=O) groups is 1. The highest BCUT2D eigenvalue weighted by Gasteiger charge is 2.12. The van der Waals surface area contributed by atoms with Gasteiger partial charge in [-0.2, -0.15) is 5.10 Å². The average Bonchev–Trinajstić information content (AvgIpc) is 2.69. The average molecular weight is 400 g/mol. The third-order valence-electron chi connectivity index (χ3n) is 4.09. The van der Waals surface area contributed by atoms with Gasteiger partial charge in [0.2, 0.25) is 0 Å². The molecule has 0 aliphatic heterocycles. The largest absolute Gasteiger partial charge is 0.485 e. The molecule has 28 heavy (non-hydrogen) atoms. The number of hydrogen-bond donors (Lipinski definition) is 1. The summed E-state index contributed by atoms with van der Waals surface area (Å²) in [5, 5.41) is 13.7. The van der Waals surface area contributed by atoms with Crippen LogP contribution in [0.5, 0.6) is 5.75 Å². The summed E-state index contributed by atoms with van der Waals surface area (Å²) < 4.78 is 6.59. The first kappa shape index (κ1) is 19.7. The van der Waals surface area contributed by atoms with Crippen molar-refractivity contribution in [2.45, 2.75) is 26.7 Å². The maximum atomic E-state index is 12.5. The van der Waals surface area contributed by atoms with Crippen LogP contribution >= 0.6 is 11.6 Å². The first-order chi connectivity index (χ1) is 13.5. The topological polar surface area (TPSA) is 94.3 Å². The molecule has 3 aromatic rings. The zero-order chi connectivity index (χ0) is 20.1. The van der Waals surface area contributed by atoms with Crippen molar-refractivity contribution in [3.05, 3.63) is 86.6 Å². The summed E-state index contributed by atoms with van der Waals surface area (Å²) in [4.78, 5) is 28.9. The van der Waals surface area contributed by atoms with E-state index in [0.717, 1.165) is 15.8 Å². The SMILES string of the molecule is Cc1cc(CO)ccc1C(=O)Cn1ncc(OCc2ccc(Cl)cn2)cc1=O. The number of aliphatic hydroxyl groups excluding tert-OH is 1. The van der Waals surface area contributed by atoms with Crippen LogP contribution in [0.2, 0.25) is 5.02 Å². The van der Waals surface area contributed by atoms with Crippen molar-refractivity contribution >= 4 is 17.4 Å². The lowest BCUT2D eigenvalue weighted by Gasteiger charge is -2.09. The highest BCUT2D eigenvalue weighted by Crippen LogP contribution is 2.13. The number of pyridine rings is 1. The normalized spacial score (nSPS) is 10.7. The Labute approximate surface area is 166 Å². The molecule has 0 spiro atoms. The number of ketones is 1. The van der Waals surface area contributed by atoms with Crippen LogP contribution in [0.15, 0.2) is 53.6 Å². The van der Waals surface area contributed by atoms with Gasteiger partial charge in [0.05, 0.1) is 23.5 Å². The second-order valence-corrected chi connectivity index (χ2v) is 6.61. The van der Waals surface area contributed by atoms with E-state index in [4.69, 9.17) is 21.4 Å². The number of aliphatic hydroxyl groups is 1. The number of benzene rings is 1. The van der Waals surface area contributed by atoms with Crippen LogP contribution in [0.25, 0.3) is 0 Å². The Hall–Kier alpha value is -3.03. The highest BCUT2D eigenvalue weighted by molar-refractivity contribution is 6.30. The molecule has 0 bridgehead atoms. The molecule has 0 amide bonds. The molecule has 0 fully saturated rings. The fourth-order valence-corrected chi connectivity index (χ4v) is 2.73. The van der Waals surface area contributed by atoms with Crippen LogP contribution in [-0.2, 0) is 19.8 Å². The molecule has 0 unspecified atom stereocenters. The van der Waals surface area contributed by atoms with Gasteiger partial charge in [-0.05, 0) is 30.2 Å². The van der Waals surface area contributed by atoms with Gasteiger partial charge < -0.3 is 9.84 Å². The molecular weight excluding hydrogens is 382 g/mol. The molecule has 2 heterocycles. The Balaban J connectivity index is 1.67. The van der Waals surface area contributed by atoms with Gasteiger partial charge in [-0.3, -0.25) is 14.6 Å². The third-order valence-corrected chi connectivity index (χ3v) is 4.31. The quantitative estimate of drug-likeness (QED) is 0.613. The Morgan fingerprint density at radius 2 is 2.04 bits per heavy atom. The van der Waals surface area contributed by atoms with Crippen LogP contribution < -0.4 is 10.3 Å². The first-order valence-electron chi connectivity index (χ1n) is 8.50. The summed E-state index contributed by atoms with van der Waals surface area (Å²) >= 11 is 5.78. The fraction of sp³-hybridized carbons (Fsp3) is 0.200. The van der Waals surface area contributed by atoms with Gasteiger partial charge in [0.1, 0.15) is 18.9 Å². The minimum atomic E-state index is -0.445. The predicted molar refractivity (Wildman–Crippen MR) is 104 cm³/mol. The Morgan fingerprint density at radius 3 is 2.68 bits per heavy atom. The molecule has 1 aromatic carbocycles. The van der Waals surface area contributed by atoms with Crippen molar-refractivity contribution < 1.29 is 14.6 Å². The minimum Gasteiger partial charge on any atom is -0.485 e. The summed E-state index contributed by atoms with van der Waals surface area (Å²) in [5.74, 6) is 0.0459. The highest BCUT2D eigenvalue weighted by atomic mass is 35.5. The lowest BCUT2D eigenvalue weighted by atomic mass is 10.0. The Morgan fingerprint density at radius 1 is 1.21 bits per heavy atom. The van der Waals surface area contributed by atoms with Gasteiger partial charge in [0, 0.05) is 17.8 Å². The fourth-order valence-electron chi connectivity index (χ4n) is 2.62. The summed E-state index contributed by atoms with van der Waals surface area (Å²) in [6.45, 7) is 1.67. The number of ether oxygens (including phenoxy) is 1. The number of rotatable bonds is 7. The molecule has 3 rings (SSSR count). The molecule has 0 radical (unpaired) electrons. The lowest BCUT2D eigenvalue weighted by Crippen LogP contribution is -2.26. The number of nitrogens with zero attached hydrogens (tertiary/aromatic N) is 3. The summed E-state index contributed by atoms with van der Waals surface area (Å²) in [7, 11) is 0. The Kier molecular flexibility index (Phi) is 6.18. The molecule has 2 aromatic heterocycles. The van der Waals surface area contributed by atoms with Crippen molar-refractivity contribution in [2.75, 3.05) is 0 Å². The molecule has 1 N–H and O–H groups in total. The number of carbonyl (C=O) groups excluding carboxylic acids is 1. The molecule has 7 nitrogen and oxygen atoms in total. The van der Waals surface area contributed by atoms with E-state index in [0.29, 0.717) is 16.3 Å². The van der Waals surface area contributed by atoms with Crippen LogP contribution in [0.4, 0.5) is 0 Å². The molecule has 0 saturated heterocycles. The summed E-state index contributed by atoms with van der Waals surface area (Å²) in [6, 6.07) is 9.76. The van der Waals surface area contributed by atoms with Crippen molar-refractivity contribution in [3.63, 3.8) is 0 Å². The van der Waals surface area contributed by atoms with Gasteiger partial charge in [0.25, 0.3) is 5.56 Å². The molecule has 8 heteroatoms. The number of Topliss-reactive ketones (excluding diaryl/α,β-unsaturated/α-hetero) is 1. The second-order valence-electron chi connectivity index (χ2n) is 6.17. The predicted octanol–water partition coefficient (Wildman–Crippen LogP) is 2.55. The monoisotopic (exact) mass is 399 g/mol. The van der Waals surface area contributed by atoms with Gasteiger partial charge in [-0.1, -0.05) is 29.8 Å². The van der Waals surface area contributed by atoms with E-state index in [1.165, 1.54) is 18.5 Å². The summed E-state index contributed by atoms with van der Waals surface area (Å²) in [6.07, 6.45) is 2.89. The van der Waals surface area contributed by atoms with Crippen LogP contribution in [0, 0.1) is 6.92 Å². The van der Waals surface area contributed by atoms with Crippen molar-refractivity contribution in [1.29, 1.82) is 0 Å². The van der Waals surface area contributed by atoms with Gasteiger partial charge in [-0.15, -0.1) is 0 Å². The Bertz CT molecular complexity index is 1050. The van der Waals surface area contributed by atoms with Crippen LogP contribution in [0.3, 0.4) is 0 Å². The van der Waals surface area contributed by atoms with E-state index in [1.807, 2.05) is 0 Å². The zero-order valence-electron chi connectivity index (χ0n) is 15.1. The van der Waals surface area contributed by atoms with Crippen LogP contribution in [0.1, 0.15) is 27.2 Å². The summed E-state index contributed by atoms with van der Waals surface area (Å²) in [5.41, 5.74) is 2.16. The van der Waals surface area contributed by atoms with Gasteiger partial charge >= 0.3 is 0 Å². The van der Waals surface area contributed by atoms with Crippen molar-refractivity contribution in [2.24, 2.45) is 0 Å². The molecule has 0 saturated carbocycles. The standard InChI is InChI=1S/C20H18ClN3O4/c1-13-6-14(11-25)2-5-18(13)19(26)10-24-20(27)7-17(9-23-24)28-12-16-4-3-15(21)8-22-16/h2-9,25H,10-12H2,1H3. The lowest BCUT2D eigenvalue weighted by molar-refractivity contribution is 0.0964. The van der Waals surface area contributed by atoms with Crippen molar-refractivity contribution in [3.8, 4) is 5.75 Å². The van der Waals surface area contributed by atoms with E-state index in [9.17, 15) is 9.59 Å². The van der Waals surface area contributed by atoms with E-state index in [2.05, 4.69) is 10.1 Å². The van der Waals surface area contributed by atoms with E-state index in [-0.39, 0.29) is 31.3 Å². The maximum absolute atomic E-state index is 12.5. The van der Waals surface area contributed by atoms with Gasteiger partial charge in [-0.25, -0.2) is 4.68 Å². The number of halogens is 1. The molecule has 144 valence electrons. The number of hydrogen-bond acceptors (Lipinski definition) is 6.